The van der Waals surface area contributed by atoms with E-state index in [1.165, 1.54) is 11.6 Å². The van der Waals surface area contributed by atoms with Crippen LogP contribution in [-0.4, -0.2) is 81.4 Å². The molecule has 0 spiro atoms. The van der Waals surface area contributed by atoms with Gasteiger partial charge in [0, 0.05) is 27.7 Å². The lowest BCUT2D eigenvalue weighted by atomic mass is 9.98. The summed E-state index contributed by atoms with van der Waals surface area (Å²) in [7, 11) is 0. The standard InChI is InChI=1S/C21H24N4O10/c1-11(26)30-10-16-17(31-12(2)27)18(32-13(3)28)19(33-14(4)29)20(34-16)35-21-22-23-24-25(21)15-8-6-5-7-9-15/h5-9,16-20H,10H2,1-4H3/t16-,17-,18+,19-,20-/m1/s1. The lowest BCUT2D eigenvalue weighted by Crippen LogP contribution is -2.63. The number of para-hydroxylation sites is 1. The third-order valence-electron chi connectivity index (χ3n) is 4.61. The first kappa shape index (κ1) is 25.6. The molecule has 0 saturated carbocycles. The quantitative estimate of drug-likeness (QED) is 0.360. The van der Waals surface area contributed by atoms with Crippen molar-refractivity contribution in [2.24, 2.45) is 0 Å². The molecule has 1 saturated heterocycles. The van der Waals surface area contributed by atoms with E-state index in [-0.39, 0.29) is 12.6 Å². The van der Waals surface area contributed by atoms with Gasteiger partial charge in [-0.3, -0.25) is 19.2 Å². The molecule has 3 rings (SSSR count). The van der Waals surface area contributed by atoms with Crippen LogP contribution in [0.3, 0.4) is 0 Å². The van der Waals surface area contributed by atoms with Crippen LogP contribution in [0.1, 0.15) is 27.7 Å². The Kier molecular flexibility index (Phi) is 8.30. The number of carbonyl (C=O) groups is 4. The molecule has 5 atom stereocenters. The monoisotopic (exact) mass is 492 g/mol. The van der Waals surface area contributed by atoms with Crippen molar-refractivity contribution < 1.29 is 47.6 Å². The summed E-state index contributed by atoms with van der Waals surface area (Å²) >= 11 is 0. The lowest BCUT2D eigenvalue weighted by molar-refractivity contribution is -0.289. The molecule has 188 valence electrons. The molecule has 2 heterocycles. The van der Waals surface area contributed by atoms with Crippen LogP contribution in [-0.2, 0) is 42.9 Å². The van der Waals surface area contributed by atoms with Gasteiger partial charge in [0.05, 0.1) is 5.69 Å². The molecular formula is C21H24N4O10. The molecule has 0 amide bonds. The van der Waals surface area contributed by atoms with Gasteiger partial charge in [0.25, 0.3) is 0 Å². The lowest BCUT2D eigenvalue weighted by Gasteiger charge is -2.43. The summed E-state index contributed by atoms with van der Waals surface area (Å²) in [6.45, 7) is 4.17. The SMILES string of the molecule is CC(=O)OC[C@H]1O[C@H](Oc2nnnn2-c2ccccc2)[C@H](OC(C)=O)[C@@H](OC(C)=O)[C@@H]1OC(C)=O. The number of esters is 4. The molecule has 14 heteroatoms. The summed E-state index contributed by atoms with van der Waals surface area (Å²) in [4.78, 5) is 47.0. The van der Waals surface area contributed by atoms with Crippen LogP contribution in [0.2, 0.25) is 0 Å². The molecule has 0 bridgehead atoms. The van der Waals surface area contributed by atoms with Crippen LogP contribution >= 0.6 is 0 Å². The highest BCUT2D eigenvalue weighted by Gasteiger charge is 2.53. The Labute approximate surface area is 199 Å². The smallest absolute Gasteiger partial charge is 0.342 e. The normalized spacial score (nSPS) is 23.6. The van der Waals surface area contributed by atoms with Gasteiger partial charge in [0.15, 0.2) is 12.2 Å². The number of ether oxygens (including phenoxy) is 6. The Bertz CT molecular complexity index is 1060. The van der Waals surface area contributed by atoms with Crippen LogP contribution in [0.4, 0.5) is 0 Å². The van der Waals surface area contributed by atoms with Gasteiger partial charge in [-0.05, 0) is 22.6 Å². The summed E-state index contributed by atoms with van der Waals surface area (Å²) in [5, 5.41) is 11.3. The summed E-state index contributed by atoms with van der Waals surface area (Å²) in [5.41, 5.74) is 0.554. The van der Waals surface area contributed by atoms with E-state index in [0.29, 0.717) is 5.69 Å². The molecule has 0 aliphatic carbocycles. The maximum atomic E-state index is 11.9. The predicted molar refractivity (Wildman–Crippen MR) is 112 cm³/mol. The third-order valence-corrected chi connectivity index (χ3v) is 4.61. The summed E-state index contributed by atoms with van der Waals surface area (Å²) in [6.07, 6.45) is -6.70. The molecule has 0 N–H and O–H groups in total. The van der Waals surface area contributed by atoms with Crippen LogP contribution in [0.15, 0.2) is 30.3 Å². The largest absolute Gasteiger partial charge is 0.463 e. The number of benzene rings is 1. The van der Waals surface area contributed by atoms with Gasteiger partial charge in [-0.25, -0.2) is 0 Å². The van der Waals surface area contributed by atoms with Crippen molar-refractivity contribution in [3.63, 3.8) is 0 Å². The highest BCUT2D eigenvalue weighted by Crippen LogP contribution is 2.30. The Balaban J connectivity index is 2.00. The Morgan fingerprint density at radius 3 is 2.06 bits per heavy atom. The highest BCUT2D eigenvalue weighted by molar-refractivity contribution is 5.68. The second-order valence-corrected chi connectivity index (χ2v) is 7.39. The Morgan fingerprint density at radius 2 is 1.46 bits per heavy atom. The molecule has 1 aliphatic rings. The molecule has 14 nitrogen and oxygen atoms in total. The summed E-state index contributed by atoms with van der Waals surface area (Å²) < 4.78 is 34.1. The first-order valence-electron chi connectivity index (χ1n) is 10.5. The molecule has 2 aromatic rings. The fraction of sp³-hybridized carbons (Fsp3) is 0.476. The van der Waals surface area contributed by atoms with Crippen LogP contribution < -0.4 is 4.74 Å². The fourth-order valence-corrected chi connectivity index (χ4v) is 3.37. The van der Waals surface area contributed by atoms with Gasteiger partial charge < -0.3 is 28.4 Å². The third kappa shape index (κ3) is 6.72. The zero-order chi connectivity index (χ0) is 25.5. The number of tetrazole rings is 1. The highest BCUT2D eigenvalue weighted by atomic mass is 16.7. The van der Waals surface area contributed by atoms with Crippen molar-refractivity contribution in [3.8, 4) is 11.7 Å². The van der Waals surface area contributed by atoms with Gasteiger partial charge >= 0.3 is 29.9 Å². The van der Waals surface area contributed by atoms with Crippen LogP contribution in [0.25, 0.3) is 5.69 Å². The predicted octanol–water partition coefficient (Wildman–Crippen LogP) is 0.124. The minimum atomic E-state index is -1.45. The van der Waals surface area contributed by atoms with Crippen molar-refractivity contribution in [2.45, 2.75) is 58.4 Å². The zero-order valence-corrected chi connectivity index (χ0v) is 19.4. The molecule has 35 heavy (non-hydrogen) atoms. The number of hydrogen-bond donors (Lipinski definition) is 0. The maximum absolute atomic E-state index is 11.9. The minimum absolute atomic E-state index is 0.142. The van der Waals surface area contributed by atoms with Crippen LogP contribution in [0, 0.1) is 0 Å². The van der Waals surface area contributed by atoms with Crippen molar-refractivity contribution in [2.75, 3.05) is 6.61 Å². The average molecular weight is 492 g/mol. The minimum Gasteiger partial charge on any atom is -0.463 e. The van der Waals surface area contributed by atoms with Gasteiger partial charge in [-0.1, -0.05) is 23.3 Å². The molecule has 1 aliphatic heterocycles. The van der Waals surface area contributed by atoms with Crippen molar-refractivity contribution in [1.29, 1.82) is 0 Å². The fourth-order valence-electron chi connectivity index (χ4n) is 3.37. The topological polar surface area (TPSA) is 167 Å². The van der Waals surface area contributed by atoms with E-state index in [1.807, 2.05) is 0 Å². The number of hydrogen-bond acceptors (Lipinski definition) is 13. The van der Waals surface area contributed by atoms with E-state index < -0.39 is 54.6 Å². The maximum Gasteiger partial charge on any atom is 0.342 e. The Morgan fingerprint density at radius 1 is 0.857 bits per heavy atom. The van der Waals surface area contributed by atoms with E-state index in [4.69, 9.17) is 28.4 Å². The molecular weight excluding hydrogens is 468 g/mol. The number of carbonyl (C=O) groups excluding carboxylic acids is 4. The number of nitrogens with zero attached hydrogens (tertiary/aromatic N) is 4. The Hall–Kier alpha value is -4.07. The number of aromatic nitrogens is 4. The second kappa shape index (κ2) is 11.4. The molecule has 0 radical (unpaired) electrons. The van der Waals surface area contributed by atoms with E-state index >= 15 is 0 Å². The molecule has 0 unspecified atom stereocenters. The summed E-state index contributed by atoms with van der Waals surface area (Å²) in [5.74, 6) is -2.89. The van der Waals surface area contributed by atoms with E-state index in [0.717, 1.165) is 20.8 Å². The average Bonchev–Trinajstić information content (AvgIpc) is 3.24. The molecule has 1 aromatic heterocycles. The van der Waals surface area contributed by atoms with Crippen LogP contribution in [0.5, 0.6) is 6.01 Å². The van der Waals surface area contributed by atoms with Gasteiger partial charge in [0.2, 0.25) is 12.4 Å². The van der Waals surface area contributed by atoms with Gasteiger partial charge in [-0.15, -0.1) is 0 Å². The van der Waals surface area contributed by atoms with E-state index in [2.05, 4.69) is 15.5 Å². The first-order chi connectivity index (χ1) is 16.7. The van der Waals surface area contributed by atoms with Gasteiger partial charge in [-0.2, -0.15) is 4.68 Å². The number of rotatable bonds is 8. The van der Waals surface area contributed by atoms with Crippen molar-refractivity contribution in [1.82, 2.24) is 20.2 Å². The van der Waals surface area contributed by atoms with Gasteiger partial charge in [0.1, 0.15) is 12.7 Å². The summed E-state index contributed by atoms with van der Waals surface area (Å²) in [6, 6.07) is 8.61. The van der Waals surface area contributed by atoms with E-state index in [9.17, 15) is 19.2 Å². The zero-order valence-electron chi connectivity index (χ0n) is 19.4. The van der Waals surface area contributed by atoms with Crippen molar-refractivity contribution >= 4 is 23.9 Å². The molecule has 1 fully saturated rings. The van der Waals surface area contributed by atoms with E-state index in [1.54, 1.807) is 30.3 Å². The molecule has 1 aromatic carbocycles. The first-order valence-corrected chi connectivity index (χ1v) is 10.5. The second-order valence-electron chi connectivity index (χ2n) is 7.39. The van der Waals surface area contributed by atoms with Crippen molar-refractivity contribution in [3.05, 3.63) is 30.3 Å².